The summed E-state index contributed by atoms with van der Waals surface area (Å²) in [4.78, 5) is 27.0. The summed E-state index contributed by atoms with van der Waals surface area (Å²) in [5.41, 5.74) is 3.37. The molecule has 0 bridgehead atoms. The Labute approximate surface area is 151 Å². The fourth-order valence-corrected chi connectivity index (χ4v) is 3.42. The van der Waals surface area contributed by atoms with Crippen LogP contribution < -0.4 is 4.90 Å². The highest BCUT2D eigenvalue weighted by molar-refractivity contribution is 6.01. The van der Waals surface area contributed by atoms with Crippen molar-refractivity contribution in [2.24, 2.45) is 0 Å². The predicted molar refractivity (Wildman–Crippen MR) is 98.3 cm³/mol. The van der Waals surface area contributed by atoms with Gasteiger partial charge in [0.2, 0.25) is 5.76 Å². The number of carbonyl (C=O) groups excluding carboxylic acids is 2. The Balaban J connectivity index is 1.52. The molecular weight excluding hydrogens is 330 g/mol. The second kappa shape index (κ2) is 6.33. The van der Waals surface area contributed by atoms with E-state index in [1.54, 1.807) is 17.9 Å². The summed E-state index contributed by atoms with van der Waals surface area (Å²) >= 11 is 0. The fraction of sp³-hybridized carbons (Fsp3) is 0.238. The summed E-state index contributed by atoms with van der Waals surface area (Å²) in [6.07, 6.45) is -0.0769. The molecule has 0 fully saturated rings. The first-order chi connectivity index (χ1) is 12.6. The van der Waals surface area contributed by atoms with Gasteiger partial charge in [-0.25, -0.2) is 4.79 Å². The minimum Gasteiger partial charge on any atom is -0.449 e. The molecule has 0 N–H and O–H groups in total. The number of ether oxygens (including phenoxy) is 1. The Morgan fingerprint density at radius 2 is 1.85 bits per heavy atom. The first kappa shape index (κ1) is 16.4. The molecular formula is C21H19NO4. The highest BCUT2D eigenvalue weighted by Crippen LogP contribution is 2.29. The molecule has 2 aromatic carbocycles. The molecule has 0 saturated carbocycles. The Kier molecular flexibility index (Phi) is 3.99. The maximum Gasteiger partial charge on any atom is 0.375 e. The van der Waals surface area contributed by atoms with E-state index in [1.165, 1.54) is 0 Å². The van der Waals surface area contributed by atoms with E-state index in [0.29, 0.717) is 12.1 Å². The number of hydrogen-bond acceptors (Lipinski definition) is 4. The molecule has 5 heteroatoms. The van der Waals surface area contributed by atoms with Gasteiger partial charge in [0.25, 0.3) is 5.91 Å². The fourth-order valence-electron chi connectivity index (χ4n) is 3.42. The molecule has 26 heavy (non-hydrogen) atoms. The predicted octanol–water partition coefficient (Wildman–Crippen LogP) is 3.88. The number of anilines is 1. The van der Waals surface area contributed by atoms with Crippen LogP contribution >= 0.6 is 0 Å². The number of rotatable bonds is 3. The van der Waals surface area contributed by atoms with Gasteiger partial charge >= 0.3 is 5.97 Å². The summed E-state index contributed by atoms with van der Waals surface area (Å²) in [5.74, 6) is -0.697. The Bertz CT molecular complexity index is 1000. The molecule has 0 spiro atoms. The number of amides is 1. The second-order valence-electron chi connectivity index (χ2n) is 6.47. The van der Waals surface area contributed by atoms with Crippen LogP contribution in [0, 0.1) is 6.92 Å². The lowest BCUT2D eigenvalue weighted by molar-refractivity contribution is -0.126. The molecule has 132 valence electrons. The summed E-state index contributed by atoms with van der Waals surface area (Å²) in [5, 5.41) is 0.867. The molecule has 1 aromatic heterocycles. The van der Waals surface area contributed by atoms with E-state index in [1.807, 2.05) is 49.4 Å². The van der Waals surface area contributed by atoms with E-state index in [0.717, 1.165) is 28.6 Å². The van der Waals surface area contributed by atoms with Crippen molar-refractivity contribution in [3.8, 4) is 0 Å². The summed E-state index contributed by atoms with van der Waals surface area (Å²) in [7, 11) is 0. The van der Waals surface area contributed by atoms with Gasteiger partial charge in [0.1, 0.15) is 5.58 Å². The maximum atomic E-state index is 12.8. The van der Waals surface area contributed by atoms with Gasteiger partial charge in [-0.1, -0.05) is 36.4 Å². The quantitative estimate of drug-likeness (QED) is 0.674. The minimum atomic E-state index is -0.888. The second-order valence-corrected chi connectivity index (χ2v) is 6.47. The average molecular weight is 349 g/mol. The minimum absolute atomic E-state index is 0.146. The van der Waals surface area contributed by atoms with Gasteiger partial charge in [-0.05, 0) is 38.0 Å². The van der Waals surface area contributed by atoms with Crippen molar-refractivity contribution in [3.05, 3.63) is 65.4 Å². The van der Waals surface area contributed by atoms with Crippen LogP contribution in [0.2, 0.25) is 0 Å². The van der Waals surface area contributed by atoms with Crippen LogP contribution in [0.3, 0.4) is 0 Å². The van der Waals surface area contributed by atoms with Crippen LogP contribution in [0.5, 0.6) is 0 Å². The number of benzene rings is 2. The number of hydrogen-bond donors (Lipinski definition) is 0. The number of fused-ring (bicyclic) bond motifs is 2. The first-order valence-electron chi connectivity index (χ1n) is 8.64. The molecule has 1 aliphatic rings. The number of para-hydroxylation sites is 2. The smallest absolute Gasteiger partial charge is 0.375 e. The molecule has 0 saturated heterocycles. The third-order valence-electron chi connectivity index (χ3n) is 4.81. The van der Waals surface area contributed by atoms with E-state index >= 15 is 0 Å². The zero-order valence-electron chi connectivity index (χ0n) is 14.7. The standard InChI is InChI=1S/C21H19NO4/c1-13-16-8-4-6-10-18(16)26-19(13)21(24)25-14(2)20(23)22-12-11-15-7-3-5-9-17(15)22/h3-10,14H,11-12H2,1-2H3. The van der Waals surface area contributed by atoms with Crippen molar-refractivity contribution in [2.45, 2.75) is 26.4 Å². The van der Waals surface area contributed by atoms with Crippen molar-refractivity contribution < 1.29 is 18.7 Å². The van der Waals surface area contributed by atoms with E-state index < -0.39 is 12.1 Å². The number of nitrogens with zero attached hydrogens (tertiary/aromatic N) is 1. The number of aryl methyl sites for hydroxylation is 1. The molecule has 1 aliphatic heterocycles. The topological polar surface area (TPSA) is 59.8 Å². The maximum absolute atomic E-state index is 12.8. The molecule has 5 nitrogen and oxygen atoms in total. The van der Waals surface area contributed by atoms with Crippen LogP contribution in [0.15, 0.2) is 52.9 Å². The lowest BCUT2D eigenvalue weighted by Gasteiger charge is -2.21. The molecule has 1 amide bonds. The van der Waals surface area contributed by atoms with Gasteiger partial charge < -0.3 is 14.1 Å². The first-order valence-corrected chi connectivity index (χ1v) is 8.64. The molecule has 3 aromatic rings. The van der Waals surface area contributed by atoms with Gasteiger partial charge in [-0.3, -0.25) is 4.79 Å². The van der Waals surface area contributed by atoms with Crippen molar-refractivity contribution in [3.63, 3.8) is 0 Å². The van der Waals surface area contributed by atoms with E-state index in [-0.39, 0.29) is 11.7 Å². The monoisotopic (exact) mass is 349 g/mol. The van der Waals surface area contributed by atoms with Crippen molar-refractivity contribution in [1.29, 1.82) is 0 Å². The number of carbonyl (C=O) groups is 2. The summed E-state index contributed by atoms with van der Waals surface area (Å²) < 4.78 is 11.0. The number of furan rings is 1. The molecule has 2 heterocycles. The van der Waals surface area contributed by atoms with Gasteiger partial charge in [0.05, 0.1) is 0 Å². The lowest BCUT2D eigenvalue weighted by atomic mass is 10.1. The van der Waals surface area contributed by atoms with Crippen LogP contribution in [-0.2, 0) is 16.0 Å². The SMILES string of the molecule is Cc1c(C(=O)OC(C)C(=O)N2CCc3ccccc32)oc2ccccc12. The van der Waals surface area contributed by atoms with Crippen molar-refractivity contribution >= 4 is 28.5 Å². The van der Waals surface area contributed by atoms with Gasteiger partial charge in [0.15, 0.2) is 6.10 Å². The van der Waals surface area contributed by atoms with E-state index in [9.17, 15) is 9.59 Å². The zero-order chi connectivity index (χ0) is 18.3. The van der Waals surface area contributed by atoms with Crippen molar-refractivity contribution in [1.82, 2.24) is 0 Å². The lowest BCUT2D eigenvalue weighted by Crippen LogP contribution is -2.39. The third kappa shape index (κ3) is 2.65. The zero-order valence-corrected chi connectivity index (χ0v) is 14.7. The van der Waals surface area contributed by atoms with E-state index in [2.05, 4.69) is 0 Å². The van der Waals surface area contributed by atoms with Crippen molar-refractivity contribution in [2.75, 3.05) is 11.4 Å². The summed E-state index contributed by atoms with van der Waals surface area (Å²) in [6, 6.07) is 15.2. The van der Waals surface area contributed by atoms with Gasteiger partial charge in [-0.2, -0.15) is 0 Å². The highest BCUT2D eigenvalue weighted by Gasteiger charge is 2.31. The van der Waals surface area contributed by atoms with Crippen LogP contribution in [0.25, 0.3) is 11.0 Å². The Hall–Kier alpha value is -3.08. The molecule has 4 rings (SSSR count). The van der Waals surface area contributed by atoms with Crippen LogP contribution in [-0.4, -0.2) is 24.5 Å². The average Bonchev–Trinajstić information content (AvgIpc) is 3.23. The van der Waals surface area contributed by atoms with Gasteiger partial charge in [0, 0.05) is 23.2 Å². The summed E-state index contributed by atoms with van der Waals surface area (Å²) in [6.45, 7) is 4.01. The molecule has 0 aliphatic carbocycles. The molecule has 1 unspecified atom stereocenters. The molecule has 0 radical (unpaired) electrons. The number of esters is 1. The van der Waals surface area contributed by atoms with E-state index in [4.69, 9.17) is 9.15 Å². The largest absolute Gasteiger partial charge is 0.449 e. The highest BCUT2D eigenvalue weighted by atomic mass is 16.6. The van der Waals surface area contributed by atoms with Crippen LogP contribution in [0.4, 0.5) is 5.69 Å². The third-order valence-corrected chi connectivity index (χ3v) is 4.81. The normalized spacial score (nSPS) is 14.3. The molecule has 1 atom stereocenters. The van der Waals surface area contributed by atoms with Gasteiger partial charge in [-0.15, -0.1) is 0 Å². The Morgan fingerprint density at radius 1 is 1.12 bits per heavy atom. The van der Waals surface area contributed by atoms with Crippen LogP contribution in [0.1, 0.15) is 28.6 Å². The Morgan fingerprint density at radius 3 is 2.65 bits per heavy atom.